The Morgan fingerprint density at radius 1 is 1.47 bits per heavy atom. The number of nitrogens with one attached hydrogen (secondary N) is 2. The van der Waals surface area contributed by atoms with Crippen LogP contribution in [0.15, 0.2) is 0 Å². The van der Waals surface area contributed by atoms with Gasteiger partial charge in [-0.25, -0.2) is 0 Å². The molecule has 3 N–H and O–H groups in total. The van der Waals surface area contributed by atoms with E-state index >= 15 is 0 Å². The largest absolute Gasteiger partial charge is 0.388 e. The molecule has 0 spiro atoms. The highest BCUT2D eigenvalue weighted by molar-refractivity contribution is 5.81. The molecule has 1 amide bonds. The number of carbonyl (C=O) groups is 1. The Labute approximate surface area is 104 Å². The van der Waals surface area contributed by atoms with Gasteiger partial charge < -0.3 is 15.7 Å². The van der Waals surface area contributed by atoms with Crippen molar-refractivity contribution < 1.29 is 9.90 Å². The quantitative estimate of drug-likeness (QED) is 0.675. The fraction of sp³-hybridized carbons (Fsp3) is 0.923. The summed E-state index contributed by atoms with van der Waals surface area (Å²) in [5, 5.41) is 16.1. The third-order valence-electron chi connectivity index (χ3n) is 4.03. The lowest BCUT2D eigenvalue weighted by atomic mass is 9.78. The van der Waals surface area contributed by atoms with Gasteiger partial charge in [-0.15, -0.1) is 0 Å². The number of rotatable bonds is 5. The number of carbonyl (C=O) groups excluding carboxylic acids is 1. The van der Waals surface area contributed by atoms with E-state index in [0.29, 0.717) is 6.54 Å². The minimum atomic E-state index is -0.686. The molecule has 1 aliphatic carbocycles. The highest BCUT2D eigenvalue weighted by Gasteiger charge is 2.33. The van der Waals surface area contributed by atoms with Crippen LogP contribution in [0.3, 0.4) is 0 Å². The van der Waals surface area contributed by atoms with Crippen molar-refractivity contribution in [2.24, 2.45) is 5.92 Å². The van der Waals surface area contributed by atoms with Gasteiger partial charge in [0.05, 0.1) is 11.6 Å². The normalized spacial score (nSPS) is 30.9. The van der Waals surface area contributed by atoms with Crippen LogP contribution < -0.4 is 10.6 Å². The van der Waals surface area contributed by atoms with Crippen LogP contribution in [0.1, 0.15) is 46.0 Å². The molecule has 0 aromatic heterocycles. The lowest BCUT2D eigenvalue weighted by molar-refractivity contribution is -0.124. The monoisotopic (exact) mass is 242 g/mol. The number of aliphatic hydroxyl groups is 1. The van der Waals surface area contributed by atoms with E-state index in [1.54, 1.807) is 7.05 Å². The SMILES string of the molecule is CCC1CCC(O)(CNC(=O)C(C)NC)CC1. The average Bonchev–Trinajstić information content (AvgIpc) is 2.36. The number of amides is 1. The molecule has 1 rings (SSSR count). The molecule has 0 bridgehead atoms. The first-order valence-corrected chi connectivity index (χ1v) is 6.68. The van der Waals surface area contributed by atoms with E-state index in [4.69, 9.17) is 0 Å². The second-order valence-electron chi connectivity index (χ2n) is 5.30. The van der Waals surface area contributed by atoms with E-state index < -0.39 is 5.60 Å². The van der Waals surface area contributed by atoms with Gasteiger partial charge in [0.2, 0.25) is 5.91 Å². The highest BCUT2D eigenvalue weighted by Crippen LogP contribution is 2.33. The molecule has 0 aliphatic heterocycles. The van der Waals surface area contributed by atoms with Crippen LogP contribution in [0.2, 0.25) is 0 Å². The maximum Gasteiger partial charge on any atom is 0.236 e. The van der Waals surface area contributed by atoms with E-state index in [0.717, 1.165) is 31.6 Å². The first-order chi connectivity index (χ1) is 8.00. The van der Waals surface area contributed by atoms with Crippen molar-refractivity contribution in [3.63, 3.8) is 0 Å². The lowest BCUT2D eigenvalue weighted by Crippen LogP contribution is -2.49. The van der Waals surface area contributed by atoms with Crippen LogP contribution in [0, 0.1) is 5.92 Å². The molecule has 0 saturated heterocycles. The molecule has 1 saturated carbocycles. The first-order valence-electron chi connectivity index (χ1n) is 6.68. The summed E-state index contributed by atoms with van der Waals surface area (Å²) in [5.41, 5.74) is -0.686. The summed E-state index contributed by atoms with van der Waals surface area (Å²) in [6, 6.07) is -0.203. The van der Waals surface area contributed by atoms with Crippen LogP contribution in [0.4, 0.5) is 0 Å². The molecular weight excluding hydrogens is 216 g/mol. The summed E-state index contributed by atoms with van der Waals surface area (Å²) in [4.78, 5) is 11.6. The molecule has 0 heterocycles. The molecule has 0 aromatic carbocycles. The minimum Gasteiger partial charge on any atom is -0.388 e. The van der Waals surface area contributed by atoms with Crippen LogP contribution >= 0.6 is 0 Å². The molecule has 1 unspecified atom stereocenters. The van der Waals surface area contributed by atoms with Crippen LogP contribution in [0.25, 0.3) is 0 Å². The first kappa shape index (κ1) is 14.5. The zero-order valence-corrected chi connectivity index (χ0v) is 11.3. The smallest absolute Gasteiger partial charge is 0.236 e. The maximum absolute atomic E-state index is 11.6. The molecular formula is C13H26N2O2. The zero-order valence-electron chi connectivity index (χ0n) is 11.3. The maximum atomic E-state index is 11.6. The van der Waals surface area contributed by atoms with Gasteiger partial charge in [-0.1, -0.05) is 13.3 Å². The predicted octanol–water partition coefficient (Wildman–Crippen LogP) is 1.04. The van der Waals surface area contributed by atoms with Crippen molar-refractivity contribution in [3.05, 3.63) is 0 Å². The summed E-state index contributed by atoms with van der Waals surface area (Å²) >= 11 is 0. The van der Waals surface area contributed by atoms with Gasteiger partial charge in [-0.2, -0.15) is 0 Å². The summed E-state index contributed by atoms with van der Waals surface area (Å²) in [5.74, 6) is 0.709. The van der Waals surface area contributed by atoms with Crippen LogP contribution in [-0.4, -0.2) is 36.2 Å². The Morgan fingerprint density at radius 2 is 2.06 bits per heavy atom. The Bertz CT molecular complexity index is 248. The fourth-order valence-corrected chi connectivity index (χ4v) is 2.34. The Kier molecular flexibility index (Phi) is 5.40. The van der Waals surface area contributed by atoms with Gasteiger partial charge in [-0.05, 0) is 45.6 Å². The molecule has 1 aliphatic rings. The highest BCUT2D eigenvalue weighted by atomic mass is 16.3. The topological polar surface area (TPSA) is 61.4 Å². The molecule has 4 heteroatoms. The summed E-state index contributed by atoms with van der Waals surface area (Å²) < 4.78 is 0. The predicted molar refractivity (Wildman–Crippen MR) is 68.7 cm³/mol. The van der Waals surface area contributed by atoms with Gasteiger partial charge in [0, 0.05) is 6.54 Å². The van der Waals surface area contributed by atoms with E-state index in [9.17, 15) is 9.90 Å². The van der Waals surface area contributed by atoms with Crippen LogP contribution in [0.5, 0.6) is 0 Å². The number of hydrogen-bond donors (Lipinski definition) is 3. The van der Waals surface area contributed by atoms with Crippen molar-refractivity contribution in [1.29, 1.82) is 0 Å². The Balaban J connectivity index is 2.34. The number of likely N-dealkylation sites (N-methyl/N-ethyl adjacent to an activating group) is 1. The van der Waals surface area contributed by atoms with Gasteiger partial charge in [0.25, 0.3) is 0 Å². The standard InChI is InChI=1S/C13H26N2O2/c1-4-11-5-7-13(17,8-6-11)9-15-12(16)10(2)14-3/h10-11,14,17H,4-9H2,1-3H3,(H,15,16). The van der Waals surface area contributed by atoms with Crippen LogP contribution in [-0.2, 0) is 4.79 Å². The van der Waals surface area contributed by atoms with Crippen molar-refractivity contribution in [2.45, 2.75) is 57.6 Å². The van der Waals surface area contributed by atoms with Gasteiger partial charge >= 0.3 is 0 Å². The molecule has 17 heavy (non-hydrogen) atoms. The number of hydrogen-bond acceptors (Lipinski definition) is 3. The zero-order chi connectivity index (χ0) is 12.9. The Morgan fingerprint density at radius 3 is 2.53 bits per heavy atom. The van der Waals surface area contributed by atoms with Gasteiger partial charge in [0.15, 0.2) is 0 Å². The summed E-state index contributed by atoms with van der Waals surface area (Å²) in [6.07, 6.45) is 4.95. The molecule has 4 nitrogen and oxygen atoms in total. The van der Waals surface area contributed by atoms with Crippen molar-refractivity contribution in [2.75, 3.05) is 13.6 Å². The van der Waals surface area contributed by atoms with Crippen molar-refractivity contribution in [1.82, 2.24) is 10.6 Å². The molecule has 0 radical (unpaired) electrons. The summed E-state index contributed by atoms with van der Waals surface area (Å²) in [7, 11) is 1.76. The molecule has 1 atom stereocenters. The molecule has 100 valence electrons. The molecule has 1 fully saturated rings. The minimum absolute atomic E-state index is 0.0430. The lowest BCUT2D eigenvalue weighted by Gasteiger charge is -2.36. The Hall–Kier alpha value is -0.610. The van der Waals surface area contributed by atoms with Crippen molar-refractivity contribution >= 4 is 5.91 Å². The van der Waals surface area contributed by atoms with Crippen molar-refractivity contribution in [3.8, 4) is 0 Å². The van der Waals surface area contributed by atoms with E-state index in [1.807, 2.05) is 6.92 Å². The second kappa shape index (κ2) is 6.36. The molecule has 0 aromatic rings. The van der Waals surface area contributed by atoms with E-state index in [2.05, 4.69) is 17.6 Å². The average molecular weight is 242 g/mol. The summed E-state index contributed by atoms with van der Waals surface area (Å²) in [6.45, 7) is 4.40. The van der Waals surface area contributed by atoms with E-state index in [-0.39, 0.29) is 11.9 Å². The van der Waals surface area contributed by atoms with Gasteiger partial charge in [0.1, 0.15) is 0 Å². The fourth-order valence-electron chi connectivity index (χ4n) is 2.34. The van der Waals surface area contributed by atoms with Gasteiger partial charge in [-0.3, -0.25) is 4.79 Å². The second-order valence-corrected chi connectivity index (χ2v) is 5.30. The third-order valence-corrected chi connectivity index (χ3v) is 4.03. The van der Waals surface area contributed by atoms with E-state index in [1.165, 1.54) is 6.42 Å². The third kappa shape index (κ3) is 4.28.